The summed E-state index contributed by atoms with van der Waals surface area (Å²) in [5, 5.41) is 9.77. The molecule has 5 heteroatoms. The summed E-state index contributed by atoms with van der Waals surface area (Å²) in [6, 6.07) is 0. The fourth-order valence-electron chi connectivity index (χ4n) is 2.72. The average Bonchev–Trinajstić information content (AvgIpc) is 2.67. The minimum atomic E-state index is -0.578. The minimum Gasteiger partial charge on any atom is -0.390 e. The van der Waals surface area contributed by atoms with Gasteiger partial charge in [-0.15, -0.1) is 0 Å². The lowest BCUT2D eigenvalue weighted by atomic mass is 9.72. The van der Waals surface area contributed by atoms with Crippen LogP contribution in [0.25, 0.3) is 5.52 Å². The molecule has 19 heavy (non-hydrogen) atoms. The average molecular weight is 263 g/mol. The van der Waals surface area contributed by atoms with E-state index in [1.54, 1.807) is 6.20 Å². The van der Waals surface area contributed by atoms with E-state index in [4.69, 9.17) is 0 Å². The van der Waals surface area contributed by atoms with Gasteiger partial charge in [0.15, 0.2) is 0 Å². The van der Waals surface area contributed by atoms with Crippen LogP contribution in [-0.4, -0.2) is 25.1 Å². The molecule has 2 heterocycles. The van der Waals surface area contributed by atoms with Gasteiger partial charge in [-0.1, -0.05) is 13.8 Å². The fourth-order valence-corrected chi connectivity index (χ4v) is 2.72. The molecule has 5 nitrogen and oxygen atoms in total. The van der Waals surface area contributed by atoms with E-state index < -0.39 is 5.60 Å². The van der Waals surface area contributed by atoms with Gasteiger partial charge in [0.05, 0.1) is 11.3 Å². The molecule has 1 saturated carbocycles. The van der Waals surface area contributed by atoms with Crippen LogP contribution in [-0.2, 0) is 0 Å². The number of aromatic amines is 1. The van der Waals surface area contributed by atoms with Crippen LogP contribution in [0.1, 0.15) is 51.0 Å². The third kappa shape index (κ3) is 2.30. The highest BCUT2D eigenvalue weighted by atomic mass is 16.3. The molecule has 1 fully saturated rings. The molecule has 0 bridgehead atoms. The van der Waals surface area contributed by atoms with Crippen LogP contribution < -0.4 is 5.56 Å². The summed E-state index contributed by atoms with van der Waals surface area (Å²) in [5.41, 5.74) is 0.656. The molecule has 2 aromatic rings. The first-order valence-electron chi connectivity index (χ1n) is 6.76. The van der Waals surface area contributed by atoms with Gasteiger partial charge in [-0.05, 0) is 26.7 Å². The van der Waals surface area contributed by atoms with E-state index in [1.807, 2.05) is 38.3 Å². The first-order chi connectivity index (χ1) is 8.98. The Hall–Kier alpha value is -1.62. The number of imidazole rings is 1. The van der Waals surface area contributed by atoms with Crippen LogP contribution >= 0.6 is 0 Å². The molecule has 0 unspecified atom stereocenters. The van der Waals surface area contributed by atoms with Crippen molar-refractivity contribution in [1.82, 2.24) is 14.4 Å². The summed E-state index contributed by atoms with van der Waals surface area (Å²) < 4.78 is 1.84. The Morgan fingerprint density at radius 3 is 2.68 bits per heavy atom. The van der Waals surface area contributed by atoms with E-state index in [1.165, 1.54) is 0 Å². The molecule has 0 radical (unpaired) electrons. The molecule has 0 amide bonds. The Kier molecular flexibility index (Phi) is 3.49. The lowest BCUT2D eigenvalue weighted by Gasteiger charge is -2.40. The number of aryl methyl sites for hydroxylation is 1. The van der Waals surface area contributed by atoms with Crippen LogP contribution in [0.3, 0.4) is 0 Å². The number of nitrogens with zero attached hydrogens (tertiary/aromatic N) is 2. The Morgan fingerprint density at radius 1 is 1.47 bits per heavy atom. The van der Waals surface area contributed by atoms with Crippen molar-refractivity contribution in [3.63, 3.8) is 0 Å². The quantitative estimate of drug-likeness (QED) is 0.826. The summed E-state index contributed by atoms with van der Waals surface area (Å²) >= 11 is 0. The predicted molar refractivity (Wildman–Crippen MR) is 74.5 cm³/mol. The second-order valence-corrected chi connectivity index (χ2v) is 5.17. The predicted octanol–water partition coefficient (Wildman–Crippen LogP) is 1.99. The largest absolute Gasteiger partial charge is 0.390 e. The molecule has 2 N–H and O–H groups in total. The van der Waals surface area contributed by atoms with E-state index in [0.29, 0.717) is 18.4 Å². The summed E-state index contributed by atoms with van der Waals surface area (Å²) in [6.07, 6.45) is 4.85. The molecule has 2 aromatic heterocycles. The molecular formula is C14H21N3O2. The van der Waals surface area contributed by atoms with Crippen molar-refractivity contribution in [1.29, 1.82) is 0 Å². The van der Waals surface area contributed by atoms with Crippen molar-refractivity contribution in [3.8, 4) is 0 Å². The van der Waals surface area contributed by atoms with Gasteiger partial charge >= 0.3 is 0 Å². The lowest BCUT2D eigenvalue weighted by Crippen LogP contribution is -2.40. The van der Waals surface area contributed by atoms with Crippen molar-refractivity contribution in [2.45, 2.75) is 52.1 Å². The SMILES string of the molecule is CC.Cc1nc(C2CC(C)(O)C2)n2cc[nH]c(=O)c12. The zero-order valence-electron chi connectivity index (χ0n) is 11.9. The first kappa shape index (κ1) is 13.8. The van der Waals surface area contributed by atoms with Gasteiger partial charge in [-0.3, -0.25) is 9.20 Å². The van der Waals surface area contributed by atoms with Gasteiger partial charge in [0.1, 0.15) is 11.3 Å². The summed E-state index contributed by atoms with van der Waals surface area (Å²) in [5.74, 6) is 1.13. The number of hydrogen-bond acceptors (Lipinski definition) is 3. The maximum absolute atomic E-state index is 11.7. The molecule has 3 rings (SSSR count). The number of aromatic nitrogens is 3. The van der Waals surface area contributed by atoms with Crippen molar-refractivity contribution in [2.24, 2.45) is 0 Å². The Bertz CT molecular complexity index is 632. The Morgan fingerprint density at radius 2 is 2.11 bits per heavy atom. The molecule has 0 aromatic carbocycles. The second-order valence-electron chi connectivity index (χ2n) is 5.17. The summed E-state index contributed by atoms with van der Waals surface area (Å²) in [7, 11) is 0. The molecule has 1 aliphatic carbocycles. The van der Waals surface area contributed by atoms with Gasteiger partial charge in [0.25, 0.3) is 5.56 Å². The maximum atomic E-state index is 11.7. The second kappa shape index (κ2) is 4.81. The topological polar surface area (TPSA) is 70.4 Å². The maximum Gasteiger partial charge on any atom is 0.274 e. The van der Waals surface area contributed by atoms with E-state index in [-0.39, 0.29) is 11.5 Å². The van der Waals surface area contributed by atoms with E-state index in [2.05, 4.69) is 9.97 Å². The van der Waals surface area contributed by atoms with Crippen LogP contribution in [0.15, 0.2) is 17.2 Å². The van der Waals surface area contributed by atoms with Gasteiger partial charge in [0, 0.05) is 18.3 Å². The van der Waals surface area contributed by atoms with Crippen LogP contribution in [0.5, 0.6) is 0 Å². The third-order valence-corrected chi connectivity index (χ3v) is 3.50. The van der Waals surface area contributed by atoms with Crippen LogP contribution in [0, 0.1) is 6.92 Å². The smallest absolute Gasteiger partial charge is 0.274 e. The van der Waals surface area contributed by atoms with Crippen molar-refractivity contribution in [2.75, 3.05) is 0 Å². The van der Waals surface area contributed by atoms with Gasteiger partial charge in [-0.25, -0.2) is 4.98 Å². The highest BCUT2D eigenvalue weighted by Gasteiger charge is 2.41. The molecule has 0 saturated heterocycles. The summed E-state index contributed by atoms with van der Waals surface area (Å²) in [6.45, 7) is 7.67. The molecule has 1 aliphatic rings. The first-order valence-corrected chi connectivity index (χ1v) is 6.76. The van der Waals surface area contributed by atoms with Crippen molar-refractivity contribution >= 4 is 5.52 Å². The highest BCUT2D eigenvalue weighted by Crippen LogP contribution is 2.43. The monoisotopic (exact) mass is 263 g/mol. The van der Waals surface area contributed by atoms with E-state index >= 15 is 0 Å². The van der Waals surface area contributed by atoms with Crippen molar-refractivity contribution in [3.05, 3.63) is 34.3 Å². The lowest BCUT2D eigenvalue weighted by molar-refractivity contribution is -0.0335. The minimum absolute atomic E-state index is 0.116. The standard InChI is InChI=1S/C12H15N3O2.C2H6/c1-7-9-11(16)13-3-4-15(9)10(14-7)8-5-12(2,17)6-8;1-2/h3-4,8,17H,5-6H2,1-2H3,(H,13,16);1-2H3. The van der Waals surface area contributed by atoms with E-state index in [0.717, 1.165) is 11.5 Å². The number of H-pyrrole nitrogens is 1. The third-order valence-electron chi connectivity index (χ3n) is 3.50. The van der Waals surface area contributed by atoms with Crippen molar-refractivity contribution < 1.29 is 5.11 Å². The molecule has 0 atom stereocenters. The van der Waals surface area contributed by atoms with Crippen LogP contribution in [0.2, 0.25) is 0 Å². The number of fused-ring (bicyclic) bond motifs is 1. The molecule has 0 aliphatic heterocycles. The van der Waals surface area contributed by atoms with Gasteiger partial charge in [0.2, 0.25) is 0 Å². The highest BCUT2D eigenvalue weighted by molar-refractivity contribution is 5.51. The number of nitrogens with one attached hydrogen (secondary N) is 1. The van der Waals surface area contributed by atoms with Gasteiger partial charge in [-0.2, -0.15) is 0 Å². The van der Waals surface area contributed by atoms with E-state index in [9.17, 15) is 9.90 Å². The molecule has 104 valence electrons. The number of hydrogen-bond donors (Lipinski definition) is 2. The normalized spacial score (nSPS) is 25.6. The zero-order valence-corrected chi connectivity index (χ0v) is 11.9. The number of aliphatic hydroxyl groups is 1. The number of rotatable bonds is 1. The fraction of sp³-hybridized carbons (Fsp3) is 0.571. The summed E-state index contributed by atoms with van der Waals surface area (Å²) in [4.78, 5) is 18.8. The zero-order chi connectivity index (χ0) is 14.2. The Labute approximate surface area is 112 Å². The van der Waals surface area contributed by atoms with Crippen LogP contribution in [0.4, 0.5) is 0 Å². The Balaban J connectivity index is 0.000000637. The molecular weight excluding hydrogens is 242 g/mol. The van der Waals surface area contributed by atoms with Gasteiger partial charge < -0.3 is 10.1 Å². The molecule has 0 spiro atoms.